The number of nitrogens with zero attached hydrogens (tertiary/aromatic N) is 2. The van der Waals surface area contributed by atoms with Gasteiger partial charge in [0, 0.05) is 37.2 Å². The monoisotopic (exact) mass is 538 g/mol. The van der Waals surface area contributed by atoms with E-state index in [-0.39, 0.29) is 24.4 Å². The third-order valence-electron chi connectivity index (χ3n) is 6.55. The molecule has 3 nitrogen and oxygen atoms in total. The van der Waals surface area contributed by atoms with Crippen molar-refractivity contribution in [2.45, 2.75) is 31.6 Å². The van der Waals surface area contributed by atoms with Crippen molar-refractivity contribution < 1.29 is 22.4 Å². The number of carbonyl (C=O) groups excluding carboxylic acids is 1. The summed E-state index contributed by atoms with van der Waals surface area (Å²) in [6.07, 6.45) is -4.75. The van der Waals surface area contributed by atoms with Crippen LogP contribution in [-0.2, 0) is 12.7 Å². The highest BCUT2D eigenvalue weighted by Crippen LogP contribution is 2.36. The molecule has 1 saturated heterocycles. The fourth-order valence-electron chi connectivity index (χ4n) is 4.72. The Kier molecular flexibility index (Phi) is 7.64. The first-order chi connectivity index (χ1) is 16.9. The molecular weight excluding hydrogens is 515 g/mol. The van der Waals surface area contributed by atoms with Crippen LogP contribution in [0.4, 0.5) is 17.6 Å². The molecule has 1 aliphatic rings. The van der Waals surface area contributed by atoms with Gasteiger partial charge in [-0.2, -0.15) is 13.2 Å². The Balaban J connectivity index is 1.61. The molecule has 0 spiro atoms. The van der Waals surface area contributed by atoms with E-state index >= 15 is 0 Å². The summed E-state index contributed by atoms with van der Waals surface area (Å²) in [6.45, 7) is 2.92. The third-order valence-corrected chi connectivity index (χ3v) is 7.29. The van der Waals surface area contributed by atoms with Crippen molar-refractivity contribution in [3.63, 3.8) is 0 Å². The molecule has 0 radical (unpaired) electrons. The number of alkyl halides is 3. The van der Waals surface area contributed by atoms with E-state index in [0.717, 1.165) is 23.3 Å². The predicted octanol–water partition coefficient (Wildman–Crippen LogP) is 7.20. The minimum absolute atomic E-state index is 0.111. The van der Waals surface area contributed by atoms with Crippen molar-refractivity contribution in [2.75, 3.05) is 20.1 Å². The van der Waals surface area contributed by atoms with E-state index in [1.54, 1.807) is 23.1 Å². The summed E-state index contributed by atoms with van der Waals surface area (Å²) in [4.78, 5) is 17.0. The van der Waals surface area contributed by atoms with E-state index in [9.17, 15) is 22.4 Å². The number of hydrogen-bond donors (Lipinski definition) is 0. The van der Waals surface area contributed by atoms with Crippen LogP contribution in [0.15, 0.2) is 60.7 Å². The van der Waals surface area contributed by atoms with Crippen molar-refractivity contribution in [2.24, 2.45) is 0 Å². The first-order valence-corrected chi connectivity index (χ1v) is 12.1. The second-order valence-electron chi connectivity index (χ2n) is 9.15. The second kappa shape index (κ2) is 10.4. The lowest BCUT2D eigenvalue weighted by molar-refractivity contribution is -0.140. The van der Waals surface area contributed by atoms with E-state index in [4.69, 9.17) is 23.2 Å². The SMILES string of the molecule is Cc1cccc(C(=O)N2CC(c3ccc(Cl)c(Cl)c3)C(N(C)Cc3ccc(C(F)(F)F)c(F)c3)C2)c1. The Morgan fingerprint density at radius 3 is 2.42 bits per heavy atom. The molecule has 3 aromatic carbocycles. The summed E-state index contributed by atoms with van der Waals surface area (Å²) in [5.41, 5.74) is 1.55. The largest absolute Gasteiger partial charge is 0.419 e. The standard InChI is InChI=1S/C27H24Cl2F4N2O/c1-16-4-3-5-19(10-16)26(36)35-14-20(18-7-9-22(28)23(29)12-18)25(15-35)34(2)13-17-6-8-21(24(30)11-17)27(31,32)33/h3-12,20,25H,13-15H2,1-2H3. The van der Waals surface area contributed by atoms with Gasteiger partial charge in [-0.25, -0.2) is 4.39 Å². The quantitative estimate of drug-likeness (QED) is 0.320. The third kappa shape index (κ3) is 5.69. The molecule has 2 atom stereocenters. The maximum absolute atomic E-state index is 14.2. The van der Waals surface area contributed by atoms with Crippen molar-refractivity contribution in [1.29, 1.82) is 0 Å². The molecule has 36 heavy (non-hydrogen) atoms. The van der Waals surface area contributed by atoms with E-state index in [1.165, 1.54) is 6.07 Å². The van der Waals surface area contributed by atoms with E-state index in [2.05, 4.69) is 0 Å². The van der Waals surface area contributed by atoms with E-state index in [1.807, 2.05) is 43.1 Å². The van der Waals surface area contributed by atoms with Crippen LogP contribution in [0.5, 0.6) is 0 Å². The van der Waals surface area contributed by atoms with Crippen molar-refractivity contribution in [3.05, 3.63) is 104 Å². The lowest BCUT2D eigenvalue weighted by atomic mass is 9.93. The van der Waals surface area contributed by atoms with Gasteiger partial charge in [0.05, 0.1) is 15.6 Å². The van der Waals surface area contributed by atoms with Gasteiger partial charge in [0.2, 0.25) is 0 Å². The zero-order valence-electron chi connectivity index (χ0n) is 19.6. The predicted molar refractivity (Wildman–Crippen MR) is 133 cm³/mol. The number of rotatable bonds is 5. The molecule has 1 fully saturated rings. The number of benzene rings is 3. The van der Waals surface area contributed by atoms with Crippen LogP contribution in [-0.4, -0.2) is 41.9 Å². The average molecular weight is 539 g/mol. The van der Waals surface area contributed by atoms with Crippen LogP contribution in [0.3, 0.4) is 0 Å². The zero-order chi connectivity index (χ0) is 26.2. The number of amides is 1. The number of likely N-dealkylation sites (N-methyl/N-ethyl adjacent to an activating group) is 1. The Bertz CT molecular complexity index is 1280. The van der Waals surface area contributed by atoms with Gasteiger partial charge in [-0.3, -0.25) is 9.69 Å². The Labute approximate surface area is 217 Å². The van der Waals surface area contributed by atoms with Gasteiger partial charge in [0.15, 0.2) is 0 Å². The van der Waals surface area contributed by atoms with Crippen LogP contribution in [0.25, 0.3) is 0 Å². The van der Waals surface area contributed by atoms with Gasteiger partial charge in [-0.05, 0) is 61.5 Å². The van der Waals surface area contributed by atoms with Crippen molar-refractivity contribution in [3.8, 4) is 0 Å². The number of carbonyl (C=O) groups is 1. The molecule has 4 rings (SSSR count). The highest BCUT2D eigenvalue weighted by molar-refractivity contribution is 6.42. The second-order valence-corrected chi connectivity index (χ2v) is 9.97. The highest BCUT2D eigenvalue weighted by atomic mass is 35.5. The van der Waals surface area contributed by atoms with Gasteiger partial charge in [-0.1, -0.05) is 53.0 Å². The van der Waals surface area contributed by atoms with Crippen molar-refractivity contribution in [1.82, 2.24) is 9.80 Å². The van der Waals surface area contributed by atoms with Gasteiger partial charge < -0.3 is 4.90 Å². The summed E-state index contributed by atoms with van der Waals surface area (Å²) in [7, 11) is 1.81. The molecule has 2 unspecified atom stereocenters. The van der Waals surface area contributed by atoms with Gasteiger partial charge >= 0.3 is 6.18 Å². The Morgan fingerprint density at radius 1 is 1.03 bits per heavy atom. The summed E-state index contributed by atoms with van der Waals surface area (Å²) in [6, 6.07) is 15.4. The van der Waals surface area contributed by atoms with Crippen LogP contribution in [0.1, 0.15) is 38.5 Å². The summed E-state index contributed by atoms with van der Waals surface area (Å²) < 4.78 is 53.1. The highest BCUT2D eigenvalue weighted by Gasteiger charge is 2.39. The topological polar surface area (TPSA) is 23.6 Å². The van der Waals surface area contributed by atoms with E-state index in [0.29, 0.717) is 34.3 Å². The molecule has 0 bridgehead atoms. The Hall–Kier alpha value is -2.61. The molecule has 0 N–H and O–H groups in total. The molecule has 0 aromatic heterocycles. The van der Waals surface area contributed by atoms with Crippen LogP contribution < -0.4 is 0 Å². The lowest BCUT2D eigenvalue weighted by Gasteiger charge is -2.29. The molecule has 0 aliphatic carbocycles. The fraction of sp³-hybridized carbons (Fsp3) is 0.296. The molecule has 9 heteroatoms. The van der Waals surface area contributed by atoms with E-state index < -0.39 is 17.6 Å². The number of aryl methyl sites for hydroxylation is 1. The molecule has 1 aliphatic heterocycles. The molecule has 1 amide bonds. The summed E-state index contributed by atoms with van der Waals surface area (Å²) >= 11 is 12.4. The molecule has 190 valence electrons. The average Bonchev–Trinajstić information content (AvgIpc) is 3.25. The fourth-order valence-corrected chi connectivity index (χ4v) is 5.03. The van der Waals surface area contributed by atoms with Gasteiger partial charge in [0.25, 0.3) is 5.91 Å². The first-order valence-electron chi connectivity index (χ1n) is 11.3. The molecule has 3 aromatic rings. The van der Waals surface area contributed by atoms with Gasteiger partial charge in [-0.15, -0.1) is 0 Å². The lowest BCUT2D eigenvalue weighted by Crippen LogP contribution is -2.38. The maximum atomic E-state index is 14.2. The molecular formula is C27H24Cl2F4N2O. The minimum Gasteiger partial charge on any atom is -0.336 e. The summed E-state index contributed by atoms with van der Waals surface area (Å²) in [5, 5.41) is 0.806. The maximum Gasteiger partial charge on any atom is 0.419 e. The number of hydrogen-bond acceptors (Lipinski definition) is 2. The number of halogens is 6. The smallest absolute Gasteiger partial charge is 0.336 e. The van der Waals surface area contributed by atoms with Crippen LogP contribution in [0, 0.1) is 12.7 Å². The zero-order valence-corrected chi connectivity index (χ0v) is 21.1. The van der Waals surface area contributed by atoms with Crippen molar-refractivity contribution >= 4 is 29.1 Å². The Morgan fingerprint density at radius 2 is 1.78 bits per heavy atom. The molecule has 0 saturated carbocycles. The van der Waals surface area contributed by atoms with Crippen LogP contribution in [0.2, 0.25) is 10.0 Å². The normalized spacial score (nSPS) is 18.2. The first kappa shape index (κ1) is 26.5. The van der Waals surface area contributed by atoms with Gasteiger partial charge in [0.1, 0.15) is 5.82 Å². The minimum atomic E-state index is -4.75. The van der Waals surface area contributed by atoms with Crippen LogP contribution >= 0.6 is 23.2 Å². The molecule has 1 heterocycles. The summed E-state index contributed by atoms with van der Waals surface area (Å²) in [5.74, 6) is -1.56. The number of likely N-dealkylation sites (tertiary alicyclic amines) is 1.